The monoisotopic (exact) mass is 493 g/mol. The Kier molecular flexibility index (Phi) is 5.48. The molecule has 6 nitrogen and oxygen atoms in total. The van der Waals surface area contributed by atoms with Gasteiger partial charge in [-0.2, -0.15) is 13.2 Å². The molecule has 4 aliphatic rings. The van der Waals surface area contributed by atoms with Crippen molar-refractivity contribution in [3.8, 4) is 0 Å². The Morgan fingerprint density at radius 2 is 1.83 bits per heavy atom. The lowest BCUT2D eigenvalue weighted by Crippen LogP contribution is -2.63. The SMILES string of the molecule is C[C@]12CCC(=O)N[C@@H]1CC[C@@H]1[C@@H]2CC[C@@]2(C)[C@H]1CC[C@]2(O)C(=O)Nc1ccc(N)c(C(F)(F)F)c1. The number of nitrogens with two attached hydrogens (primary N) is 1. The molecule has 7 atom stereocenters. The van der Waals surface area contributed by atoms with Crippen molar-refractivity contribution in [1.29, 1.82) is 0 Å². The summed E-state index contributed by atoms with van der Waals surface area (Å²) in [6.45, 7) is 4.26. The first kappa shape index (κ1) is 24.4. The topological polar surface area (TPSA) is 104 Å². The van der Waals surface area contributed by atoms with Gasteiger partial charge in [0, 0.05) is 29.3 Å². The normalized spacial score (nSPS) is 40.8. The maximum atomic E-state index is 13.4. The molecule has 0 spiro atoms. The van der Waals surface area contributed by atoms with Gasteiger partial charge in [-0.3, -0.25) is 9.59 Å². The number of alkyl halides is 3. The molecule has 1 aromatic rings. The molecule has 1 heterocycles. The van der Waals surface area contributed by atoms with E-state index in [1.54, 1.807) is 0 Å². The van der Waals surface area contributed by atoms with E-state index in [-0.39, 0.29) is 35.4 Å². The van der Waals surface area contributed by atoms with Crippen LogP contribution in [-0.4, -0.2) is 28.6 Å². The molecule has 9 heteroatoms. The lowest BCUT2D eigenvalue weighted by Gasteiger charge is -2.60. The molecule has 0 unspecified atom stereocenters. The van der Waals surface area contributed by atoms with E-state index in [0.29, 0.717) is 31.1 Å². The molecule has 1 aliphatic heterocycles. The van der Waals surface area contributed by atoms with Gasteiger partial charge >= 0.3 is 6.18 Å². The van der Waals surface area contributed by atoms with Crippen molar-refractivity contribution in [3.05, 3.63) is 23.8 Å². The number of piperidine rings is 1. The summed E-state index contributed by atoms with van der Waals surface area (Å²) in [4.78, 5) is 25.4. The lowest BCUT2D eigenvalue weighted by molar-refractivity contribution is -0.165. The zero-order valence-electron chi connectivity index (χ0n) is 20.2. The smallest absolute Gasteiger partial charge is 0.398 e. The van der Waals surface area contributed by atoms with Gasteiger partial charge in [-0.25, -0.2) is 0 Å². The molecule has 0 aromatic heterocycles. The molecule has 2 amide bonds. The summed E-state index contributed by atoms with van der Waals surface area (Å²) in [6, 6.07) is 3.44. The summed E-state index contributed by atoms with van der Waals surface area (Å²) < 4.78 is 39.9. The molecule has 3 saturated carbocycles. The van der Waals surface area contributed by atoms with E-state index in [9.17, 15) is 27.9 Å². The molecule has 4 fully saturated rings. The third-order valence-electron chi connectivity index (χ3n) is 10.2. The van der Waals surface area contributed by atoms with E-state index in [1.165, 1.54) is 6.07 Å². The highest BCUT2D eigenvalue weighted by atomic mass is 19.4. The quantitative estimate of drug-likeness (QED) is 0.456. The number of carbonyl (C=O) groups is 2. The number of benzene rings is 1. The summed E-state index contributed by atoms with van der Waals surface area (Å²) in [5, 5.41) is 17.5. The van der Waals surface area contributed by atoms with E-state index in [2.05, 4.69) is 17.6 Å². The number of rotatable bonds is 2. The first-order valence-corrected chi connectivity index (χ1v) is 12.6. The second-order valence-electron chi connectivity index (χ2n) is 11.7. The number of carbonyl (C=O) groups excluding carboxylic acids is 2. The Morgan fingerprint density at radius 1 is 1.11 bits per heavy atom. The van der Waals surface area contributed by atoms with Crippen molar-refractivity contribution >= 4 is 23.2 Å². The van der Waals surface area contributed by atoms with Gasteiger partial charge in [0.25, 0.3) is 5.91 Å². The predicted octanol–water partition coefficient (Wildman–Crippen LogP) is 4.48. The maximum Gasteiger partial charge on any atom is 0.418 e. The third kappa shape index (κ3) is 3.56. The summed E-state index contributed by atoms with van der Waals surface area (Å²) in [6.07, 6.45) is 1.08. The van der Waals surface area contributed by atoms with E-state index in [0.717, 1.165) is 37.8 Å². The van der Waals surface area contributed by atoms with Crippen molar-refractivity contribution in [3.63, 3.8) is 0 Å². The predicted molar refractivity (Wildman–Crippen MR) is 125 cm³/mol. The first-order chi connectivity index (χ1) is 16.3. The minimum Gasteiger partial charge on any atom is -0.398 e. The van der Waals surface area contributed by atoms with Gasteiger partial charge in [-0.15, -0.1) is 0 Å². The third-order valence-corrected chi connectivity index (χ3v) is 10.2. The number of aliphatic hydroxyl groups is 1. The fourth-order valence-corrected chi connectivity index (χ4v) is 8.21. The van der Waals surface area contributed by atoms with Crippen LogP contribution in [0.3, 0.4) is 0 Å². The minimum atomic E-state index is -4.64. The first-order valence-electron chi connectivity index (χ1n) is 12.6. The Balaban J connectivity index is 1.38. The summed E-state index contributed by atoms with van der Waals surface area (Å²) in [7, 11) is 0. The molecule has 1 aromatic carbocycles. The van der Waals surface area contributed by atoms with E-state index in [1.807, 2.05) is 6.92 Å². The molecule has 5 rings (SSSR count). The van der Waals surface area contributed by atoms with Crippen LogP contribution in [0, 0.1) is 28.6 Å². The van der Waals surface area contributed by atoms with Crippen LogP contribution in [0.15, 0.2) is 18.2 Å². The summed E-state index contributed by atoms with van der Waals surface area (Å²) in [5.74, 6) is 0.375. The van der Waals surface area contributed by atoms with Crippen LogP contribution in [0.25, 0.3) is 0 Å². The minimum absolute atomic E-state index is 0.0130. The van der Waals surface area contributed by atoms with Gasteiger partial charge in [0.15, 0.2) is 0 Å². The Labute approximate surface area is 203 Å². The molecule has 192 valence electrons. The number of halogens is 3. The fourth-order valence-electron chi connectivity index (χ4n) is 8.21. The molecule has 3 aliphatic carbocycles. The largest absolute Gasteiger partial charge is 0.418 e. The average Bonchev–Trinajstić information content (AvgIpc) is 3.07. The van der Waals surface area contributed by atoms with Crippen LogP contribution in [0.1, 0.15) is 70.8 Å². The number of fused-ring (bicyclic) bond motifs is 5. The fraction of sp³-hybridized carbons (Fsp3) is 0.692. The van der Waals surface area contributed by atoms with Crippen LogP contribution in [0.4, 0.5) is 24.5 Å². The van der Waals surface area contributed by atoms with Crippen LogP contribution in [0.5, 0.6) is 0 Å². The highest BCUT2D eigenvalue weighted by Gasteiger charge is 2.67. The lowest BCUT2D eigenvalue weighted by atomic mass is 9.46. The van der Waals surface area contributed by atoms with Crippen LogP contribution >= 0.6 is 0 Å². The van der Waals surface area contributed by atoms with Crippen LogP contribution in [-0.2, 0) is 15.8 Å². The number of hydrogen-bond acceptors (Lipinski definition) is 4. The molecule has 1 saturated heterocycles. The van der Waals surface area contributed by atoms with E-state index < -0.39 is 34.4 Å². The molecular weight excluding hydrogens is 459 g/mol. The van der Waals surface area contributed by atoms with Gasteiger partial charge in [-0.05, 0) is 86.3 Å². The second kappa shape index (κ2) is 7.85. The van der Waals surface area contributed by atoms with Crippen molar-refractivity contribution < 1.29 is 27.9 Å². The van der Waals surface area contributed by atoms with Crippen LogP contribution < -0.4 is 16.4 Å². The van der Waals surface area contributed by atoms with Crippen LogP contribution in [0.2, 0.25) is 0 Å². The van der Waals surface area contributed by atoms with E-state index >= 15 is 0 Å². The number of amides is 2. The van der Waals surface area contributed by atoms with Gasteiger partial charge in [-0.1, -0.05) is 13.8 Å². The number of nitrogen functional groups attached to an aromatic ring is 1. The molecule has 5 N–H and O–H groups in total. The van der Waals surface area contributed by atoms with Crippen molar-refractivity contribution in [1.82, 2.24) is 5.32 Å². The molecule has 0 bridgehead atoms. The molecule has 0 radical (unpaired) electrons. The summed E-state index contributed by atoms with van der Waals surface area (Å²) >= 11 is 0. The van der Waals surface area contributed by atoms with Crippen molar-refractivity contribution in [2.75, 3.05) is 11.1 Å². The van der Waals surface area contributed by atoms with Crippen molar-refractivity contribution in [2.24, 2.45) is 28.6 Å². The second-order valence-corrected chi connectivity index (χ2v) is 11.7. The van der Waals surface area contributed by atoms with Gasteiger partial charge in [0.2, 0.25) is 5.91 Å². The van der Waals surface area contributed by atoms with Gasteiger partial charge in [0.1, 0.15) is 5.60 Å². The number of nitrogens with one attached hydrogen (secondary N) is 2. The average molecular weight is 494 g/mol. The Bertz CT molecular complexity index is 1060. The zero-order valence-corrected chi connectivity index (χ0v) is 20.2. The highest BCUT2D eigenvalue weighted by Crippen LogP contribution is 2.66. The zero-order chi connectivity index (χ0) is 25.4. The summed E-state index contributed by atoms with van der Waals surface area (Å²) in [5.41, 5.74) is 1.71. The van der Waals surface area contributed by atoms with Gasteiger partial charge in [0.05, 0.1) is 5.56 Å². The molecular formula is C26H34F3N3O3. The maximum absolute atomic E-state index is 13.4. The number of anilines is 2. The standard InChI is InChI=1S/C26H34F3N3O3/c1-23-10-9-21(33)32-20(23)6-4-15-16(23)7-11-24(2)17(15)8-12-25(24,35)22(34)31-14-3-5-19(30)18(13-14)26(27,28)29/h3,5,13,15-17,20,35H,4,6-12,30H2,1-2H3,(H,31,34)(H,32,33)/t15-,16+,17+,20-,23-,24+,25+/m1/s1. The van der Waals surface area contributed by atoms with Gasteiger partial charge < -0.3 is 21.5 Å². The Hall–Kier alpha value is -2.29. The Morgan fingerprint density at radius 3 is 2.54 bits per heavy atom. The number of hydrogen-bond donors (Lipinski definition) is 4. The van der Waals surface area contributed by atoms with Crippen molar-refractivity contribution in [2.45, 2.75) is 83.0 Å². The van der Waals surface area contributed by atoms with E-state index in [4.69, 9.17) is 5.73 Å². The molecule has 35 heavy (non-hydrogen) atoms. The highest BCUT2D eigenvalue weighted by molar-refractivity contribution is 5.98.